The molecule has 0 aliphatic carbocycles. The summed E-state index contributed by atoms with van der Waals surface area (Å²) in [5, 5.41) is 0. The lowest BCUT2D eigenvalue weighted by Gasteiger charge is -2.19. The minimum absolute atomic E-state index is 0.0638. The highest BCUT2D eigenvalue weighted by atomic mass is 19.1. The molecule has 0 spiro atoms. The van der Waals surface area contributed by atoms with Crippen molar-refractivity contribution >= 4 is 11.6 Å². The first-order valence-corrected chi connectivity index (χ1v) is 5.03. The normalized spacial score (nSPS) is 10.6. The molecule has 5 heteroatoms. The largest absolute Gasteiger partial charge is 0.399 e. The fraction of sp³-hybridized carbons (Fsp3) is 0.364. The molecule has 16 heavy (non-hydrogen) atoms. The average molecular weight is 225 g/mol. The molecule has 0 aromatic heterocycles. The molecule has 4 N–H and O–H groups in total. The molecule has 0 saturated carbocycles. The van der Waals surface area contributed by atoms with Crippen LogP contribution in [0.1, 0.15) is 5.56 Å². The monoisotopic (exact) mass is 225 g/mol. The zero-order valence-electron chi connectivity index (χ0n) is 9.03. The third-order valence-electron chi connectivity index (χ3n) is 2.17. The number of nitrogen functional groups attached to an aromatic ring is 1. The number of carbonyl (C=O) groups excluding carboxylic acids is 1. The number of hydrogen-bond acceptors (Lipinski definition) is 3. The van der Waals surface area contributed by atoms with Crippen molar-refractivity contribution in [3.63, 3.8) is 0 Å². The van der Waals surface area contributed by atoms with Crippen LogP contribution in [0.2, 0.25) is 0 Å². The maximum atomic E-state index is 12.2. The summed E-state index contributed by atoms with van der Waals surface area (Å²) < 4.78 is 12.2. The number of hydrogen-bond donors (Lipinski definition) is 2. The van der Waals surface area contributed by atoms with Crippen LogP contribution in [0, 0.1) is 0 Å². The maximum Gasteiger partial charge on any atom is 0.231 e. The molecule has 1 rings (SSSR count). The van der Waals surface area contributed by atoms with E-state index in [0.717, 1.165) is 5.56 Å². The molecule has 0 atom stereocenters. The Morgan fingerprint density at radius 1 is 1.31 bits per heavy atom. The molecule has 1 aromatic carbocycles. The molecule has 0 unspecified atom stereocenters. The molecular formula is C11H16FN3O. The Balaban J connectivity index is 2.59. The van der Waals surface area contributed by atoms with Gasteiger partial charge in [-0.15, -0.1) is 0 Å². The van der Waals surface area contributed by atoms with Gasteiger partial charge in [-0.25, -0.2) is 4.39 Å². The number of alkyl halides is 1. The molecule has 0 aliphatic rings. The van der Waals surface area contributed by atoms with Gasteiger partial charge in [-0.3, -0.25) is 9.69 Å². The first-order chi connectivity index (χ1) is 7.61. The van der Waals surface area contributed by atoms with Crippen LogP contribution in [0.25, 0.3) is 0 Å². The van der Waals surface area contributed by atoms with Gasteiger partial charge in [0.1, 0.15) is 6.67 Å². The van der Waals surface area contributed by atoms with Crippen LogP contribution < -0.4 is 11.5 Å². The van der Waals surface area contributed by atoms with Crippen LogP contribution in [-0.2, 0) is 11.3 Å². The highest BCUT2D eigenvalue weighted by Crippen LogP contribution is 2.08. The number of rotatable bonds is 6. The lowest BCUT2D eigenvalue weighted by Crippen LogP contribution is -2.34. The summed E-state index contributed by atoms with van der Waals surface area (Å²) in [5.74, 6) is -0.455. The van der Waals surface area contributed by atoms with Gasteiger partial charge in [0, 0.05) is 18.8 Å². The number of nitrogens with zero attached hydrogens (tertiary/aromatic N) is 1. The molecule has 0 saturated heterocycles. The topological polar surface area (TPSA) is 72.4 Å². The maximum absolute atomic E-state index is 12.2. The van der Waals surface area contributed by atoms with Gasteiger partial charge < -0.3 is 11.5 Å². The Kier molecular flexibility index (Phi) is 4.72. The van der Waals surface area contributed by atoms with Gasteiger partial charge in [0.15, 0.2) is 0 Å². The first kappa shape index (κ1) is 12.4. The van der Waals surface area contributed by atoms with Gasteiger partial charge in [0.2, 0.25) is 5.91 Å². The molecule has 1 amide bonds. The number of carbonyl (C=O) groups is 1. The van der Waals surface area contributed by atoms with Gasteiger partial charge in [-0.2, -0.15) is 0 Å². The predicted molar refractivity (Wildman–Crippen MR) is 61.3 cm³/mol. The first-order valence-electron chi connectivity index (χ1n) is 5.03. The smallest absolute Gasteiger partial charge is 0.231 e. The molecule has 1 aromatic rings. The van der Waals surface area contributed by atoms with Crippen molar-refractivity contribution in [1.29, 1.82) is 0 Å². The van der Waals surface area contributed by atoms with E-state index in [1.807, 2.05) is 12.1 Å². The van der Waals surface area contributed by atoms with E-state index in [1.54, 1.807) is 17.0 Å². The van der Waals surface area contributed by atoms with E-state index < -0.39 is 12.6 Å². The third kappa shape index (κ3) is 4.27. The predicted octanol–water partition coefficient (Wildman–Crippen LogP) is 0.526. The van der Waals surface area contributed by atoms with Crippen molar-refractivity contribution < 1.29 is 9.18 Å². The number of nitrogens with two attached hydrogens (primary N) is 2. The van der Waals surface area contributed by atoms with Gasteiger partial charge in [0.05, 0.1) is 6.54 Å². The summed E-state index contributed by atoms with van der Waals surface area (Å²) in [6.07, 6.45) is 0. The Morgan fingerprint density at radius 2 is 1.94 bits per heavy atom. The SMILES string of the molecule is NC(=O)CN(CCF)Cc1ccc(N)cc1. The summed E-state index contributed by atoms with van der Waals surface area (Å²) in [6.45, 7) is 0.261. The van der Waals surface area contributed by atoms with Crippen LogP contribution >= 0.6 is 0 Å². The van der Waals surface area contributed by atoms with E-state index in [2.05, 4.69) is 0 Å². The Morgan fingerprint density at radius 3 is 2.44 bits per heavy atom. The second kappa shape index (κ2) is 6.07. The number of primary amides is 1. The summed E-state index contributed by atoms with van der Waals surface area (Å²) in [7, 11) is 0. The van der Waals surface area contributed by atoms with Crippen molar-refractivity contribution in [2.24, 2.45) is 5.73 Å². The van der Waals surface area contributed by atoms with Crippen LogP contribution in [0.4, 0.5) is 10.1 Å². The van der Waals surface area contributed by atoms with E-state index >= 15 is 0 Å². The van der Waals surface area contributed by atoms with E-state index in [9.17, 15) is 9.18 Å². The van der Waals surface area contributed by atoms with Crippen molar-refractivity contribution in [3.05, 3.63) is 29.8 Å². The summed E-state index contributed by atoms with van der Waals surface area (Å²) in [4.78, 5) is 12.4. The average Bonchev–Trinajstić information content (AvgIpc) is 2.21. The molecule has 0 heterocycles. The van der Waals surface area contributed by atoms with Gasteiger partial charge >= 0.3 is 0 Å². The number of amides is 1. The van der Waals surface area contributed by atoms with Gasteiger partial charge in [-0.1, -0.05) is 12.1 Å². The van der Waals surface area contributed by atoms with Crippen molar-refractivity contribution in [2.75, 3.05) is 25.5 Å². The lowest BCUT2D eigenvalue weighted by atomic mass is 10.2. The minimum atomic E-state index is -0.498. The molecule has 88 valence electrons. The van der Waals surface area contributed by atoms with Crippen molar-refractivity contribution in [3.8, 4) is 0 Å². The van der Waals surface area contributed by atoms with Crippen LogP contribution in [-0.4, -0.2) is 30.6 Å². The van der Waals surface area contributed by atoms with E-state index in [-0.39, 0.29) is 13.1 Å². The van der Waals surface area contributed by atoms with Crippen LogP contribution in [0.5, 0.6) is 0 Å². The Hall–Kier alpha value is -1.62. The molecule has 0 fully saturated rings. The fourth-order valence-corrected chi connectivity index (χ4v) is 1.44. The van der Waals surface area contributed by atoms with Gasteiger partial charge in [0.25, 0.3) is 0 Å². The molecule has 4 nitrogen and oxygen atoms in total. The second-order valence-electron chi connectivity index (χ2n) is 3.61. The molecule has 0 bridgehead atoms. The van der Waals surface area contributed by atoms with E-state index in [0.29, 0.717) is 12.2 Å². The third-order valence-corrected chi connectivity index (χ3v) is 2.17. The summed E-state index contributed by atoms with van der Waals surface area (Å²) in [6, 6.07) is 7.24. The van der Waals surface area contributed by atoms with Crippen molar-refractivity contribution in [1.82, 2.24) is 4.90 Å². The van der Waals surface area contributed by atoms with Crippen LogP contribution in [0.15, 0.2) is 24.3 Å². The number of anilines is 1. The van der Waals surface area contributed by atoms with Crippen molar-refractivity contribution in [2.45, 2.75) is 6.54 Å². The van der Waals surface area contributed by atoms with E-state index in [4.69, 9.17) is 11.5 Å². The molecule has 0 aliphatic heterocycles. The lowest BCUT2D eigenvalue weighted by molar-refractivity contribution is -0.119. The zero-order valence-corrected chi connectivity index (χ0v) is 9.03. The highest BCUT2D eigenvalue weighted by molar-refractivity contribution is 5.75. The minimum Gasteiger partial charge on any atom is -0.399 e. The van der Waals surface area contributed by atoms with Gasteiger partial charge in [-0.05, 0) is 17.7 Å². The standard InChI is InChI=1S/C11H16FN3O/c12-5-6-15(8-11(14)16)7-9-1-3-10(13)4-2-9/h1-4H,5-8,13H2,(H2,14,16). The molecular weight excluding hydrogens is 209 g/mol. The zero-order chi connectivity index (χ0) is 12.0. The number of halogens is 1. The Labute approximate surface area is 94.0 Å². The summed E-state index contributed by atoms with van der Waals surface area (Å²) in [5.41, 5.74) is 12.3. The number of benzene rings is 1. The second-order valence-corrected chi connectivity index (χ2v) is 3.61. The van der Waals surface area contributed by atoms with Crippen LogP contribution in [0.3, 0.4) is 0 Å². The summed E-state index contributed by atoms with van der Waals surface area (Å²) >= 11 is 0. The Bertz CT molecular complexity index is 340. The highest BCUT2D eigenvalue weighted by Gasteiger charge is 2.08. The molecule has 0 radical (unpaired) electrons. The van der Waals surface area contributed by atoms with E-state index in [1.165, 1.54) is 0 Å². The quantitative estimate of drug-likeness (QED) is 0.693. The fourth-order valence-electron chi connectivity index (χ4n) is 1.44.